The van der Waals surface area contributed by atoms with Crippen molar-refractivity contribution in [1.29, 1.82) is 0 Å². The van der Waals surface area contributed by atoms with Crippen molar-refractivity contribution >= 4 is 46.5 Å². The van der Waals surface area contributed by atoms with E-state index in [1.165, 1.54) is 11.8 Å². The number of benzene rings is 2. The van der Waals surface area contributed by atoms with Crippen LogP contribution in [0.15, 0.2) is 48.5 Å². The van der Waals surface area contributed by atoms with Crippen LogP contribution >= 0.6 is 0 Å². The second-order valence-corrected chi connectivity index (χ2v) is 8.89. The highest BCUT2D eigenvalue weighted by Crippen LogP contribution is 2.47. The van der Waals surface area contributed by atoms with E-state index in [0.29, 0.717) is 11.4 Å². The number of amides is 2. The van der Waals surface area contributed by atoms with E-state index in [9.17, 15) is 23.6 Å². The van der Waals surface area contributed by atoms with Crippen LogP contribution in [0, 0.1) is 5.92 Å². The average molecular weight is 502 g/mol. The van der Waals surface area contributed by atoms with E-state index >= 15 is 0 Å². The lowest BCUT2D eigenvalue weighted by Gasteiger charge is -2.36. The van der Waals surface area contributed by atoms with Gasteiger partial charge in [0.2, 0.25) is 0 Å². The predicted octanol–water partition coefficient (Wildman–Crippen LogP) is 4.59. The zero-order chi connectivity index (χ0) is 27.0. The van der Waals surface area contributed by atoms with Gasteiger partial charge in [0.25, 0.3) is 5.91 Å². The molecule has 2 amide bonds. The van der Waals surface area contributed by atoms with Crippen molar-refractivity contribution in [2.75, 3.05) is 23.5 Å². The van der Waals surface area contributed by atoms with Gasteiger partial charge in [0, 0.05) is 7.05 Å². The number of carboxylic acids is 1. The Morgan fingerprint density at radius 2 is 1.36 bits per heavy atom. The van der Waals surface area contributed by atoms with E-state index in [-0.39, 0.29) is 0 Å². The first kappa shape index (κ1) is 28.3. The normalized spacial score (nSPS) is 13.4. The van der Waals surface area contributed by atoms with Crippen molar-refractivity contribution in [3.05, 3.63) is 48.5 Å². The minimum Gasteiger partial charge on any atom is -0.481 e. The summed E-state index contributed by atoms with van der Waals surface area (Å²) in [5.74, 6) is -2.55. The van der Waals surface area contributed by atoms with Crippen LogP contribution in [0.4, 0.5) is 31.9 Å². The third-order valence-corrected chi connectivity index (χ3v) is 5.01. The highest BCUT2D eigenvalue weighted by Gasteiger charge is 2.34. The maximum absolute atomic E-state index is 13.1. The lowest BCUT2D eigenvalue weighted by Crippen LogP contribution is -2.48. The number of ether oxygens (including phenoxy) is 1. The Kier molecular flexibility index (Phi) is 9.95. The second kappa shape index (κ2) is 12.7. The van der Waals surface area contributed by atoms with Gasteiger partial charge in [-0.05, 0) is 37.1 Å². The van der Waals surface area contributed by atoms with Crippen molar-refractivity contribution < 1.29 is 33.4 Å². The molecule has 1 aliphatic heterocycles. The van der Waals surface area contributed by atoms with Gasteiger partial charge in [-0.3, -0.25) is 14.4 Å². The van der Waals surface area contributed by atoms with Crippen LogP contribution in [-0.2, 0) is 19.1 Å². The van der Waals surface area contributed by atoms with Crippen molar-refractivity contribution in [3.8, 4) is 0 Å². The largest absolute Gasteiger partial charge is 0.481 e. The van der Waals surface area contributed by atoms with Crippen LogP contribution in [0.3, 0.4) is 0 Å². The number of carbonyl (C=O) groups is 4. The van der Waals surface area contributed by atoms with Gasteiger partial charge in [-0.1, -0.05) is 45.0 Å². The fourth-order valence-electron chi connectivity index (χ4n) is 3.39. The van der Waals surface area contributed by atoms with Gasteiger partial charge >= 0.3 is 12.1 Å². The number of aliphatic carboxylic acids is 1. The van der Waals surface area contributed by atoms with Crippen molar-refractivity contribution in [2.24, 2.45) is 5.92 Å². The predicted molar refractivity (Wildman–Crippen MR) is 135 cm³/mol. The molecule has 194 valence electrons. The summed E-state index contributed by atoms with van der Waals surface area (Å²) >= 11 is 0. The first-order valence-corrected chi connectivity index (χ1v) is 11.5. The van der Waals surface area contributed by atoms with E-state index < -0.39 is 49.0 Å². The number of Topliss-reactive ketones (excluding diaryl/α,β-unsaturated/α-hetero) is 1. The molecule has 2 aromatic rings. The van der Waals surface area contributed by atoms with E-state index in [0.717, 1.165) is 17.3 Å². The van der Waals surface area contributed by atoms with Gasteiger partial charge in [-0.15, -0.1) is 0 Å². The number of para-hydroxylation sites is 4. The number of alkyl halides is 1. The van der Waals surface area contributed by atoms with Crippen LogP contribution < -0.4 is 15.1 Å². The number of nitrogens with zero attached hydrogens (tertiary/aromatic N) is 2. The molecule has 2 N–H and O–H groups in total. The Labute approximate surface area is 209 Å². The van der Waals surface area contributed by atoms with Gasteiger partial charge in [0.15, 0.2) is 11.9 Å². The van der Waals surface area contributed by atoms with Crippen LogP contribution in [0.2, 0.25) is 0 Å². The number of anilines is 4. The summed E-state index contributed by atoms with van der Waals surface area (Å²) in [6.07, 6.45) is -2.99. The molecule has 10 heteroatoms. The molecule has 9 nitrogen and oxygen atoms in total. The summed E-state index contributed by atoms with van der Waals surface area (Å²) in [5.41, 5.74) is 2.58. The zero-order valence-corrected chi connectivity index (χ0v) is 21.0. The molecule has 0 saturated carbocycles. The van der Waals surface area contributed by atoms with Crippen molar-refractivity contribution in [3.63, 3.8) is 0 Å². The monoisotopic (exact) mass is 501 g/mol. The number of fused-ring (bicyclic) bond motifs is 2. The van der Waals surface area contributed by atoms with Gasteiger partial charge in [-0.25, -0.2) is 14.1 Å². The first-order chi connectivity index (χ1) is 17.0. The number of carboxylic acid groups (broad SMARTS) is 1. The number of hydrogen-bond donors (Lipinski definition) is 2. The molecule has 3 rings (SSSR count). The molecule has 2 atom stereocenters. The topological polar surface area (TPSA) is 116 Å². The maximum atomic E-state index is 13.1. The number of carbonyl (C=O) groups excluding carboxylic acids is 3. The van der Waals surface area contributed by atoms with Gasteiger partial charge in [0.1, 0.15) is 12.7 Å². The van der Waals surface area contributed by atoms with Crippen molar-refractivity contribution in [1.82, 2.24) is 5.32 Å². The molecule has 36 heavy (non-hydrogen) atoms. The van der Waals surface area contributed by atoms with Crippen molar-refractivity contribution in [2.45, 2.75) is 46.3 Å². The minimum atomic E-state index is -1.56. The Hall–Kier alpha value is -3.95. The number of nitrogens with one attached hydrogen (secondary N) is 1. The Morgan fingerprint density at radius 1 is 0.917 bits per heavy atom. The molecule has 0 radical (unpaired) electrons. The van der Waals surface area contributed by atoms with Crippen LogP contribution in [0.5, 0.6) is 0 Å². The average Bonchev–Trinajstić information content (AvgIpc) is 2.82. The molecule has 0 bridgehead atoms. The molecule has 0 spiro atoms. The first-order valence-electron chi connectivity index (χ1n) is 11.5. The van der Waals surface area contributed by atoms with Crippen LogP contribution in [0.25, 0.3) is 0 Å². The summed E-state index contributed by atoms with van der Waals surface area (Å²) < 4.78 is 18.0. The molecule has 0 aromatic heterocycles. The van der Waals surface area contributed by atoms with Gasteiger partial charge in [0.05, 0.1) is 29.2 Å². The molecule has 2 unspecified atom stereocenters. The van der Waals surface area contributed by atoms with Crippen LogP contribution in [-0.4, -0.2) is 54.7 Å². The van der Waals surface area contributed by atoms with E-state index in [4.69, 9.17) is 9.84 Å². The zero-order valence-electron chi connectivity index (χ0n) is 21.0. The summed E-state index contributed by atoms with van der Waals surface area (Å²) in [5, 5.41) is 11.0. The van der Waals surface area contributed by atoms with E-state index in [1.807, 2.05) is 36.2 Å². The smallest absolute Gasteiger partial charge is 0.419 e. The fourth-order valence-corrected chi connectivity index (χ4v) is 3.39. The summed E-state index contributed by atoms with van der Waals surface area (Å²) in [7, 11) is 1.86. The van der Waals surface area contributed by atoms with E-state index in [2.05, 4.69) is 26.1 Å². The molecular weight excluding hydrogens is 469 g/mol. The lowest BCUT2D eigenvalue weighted by molar-refractivity contribution is -0.141. The highest BCUT2D eigenvalue weighted by molar-refractivity contribution is 6.07. The van der Waals surface area contributed by atoms with Gasteiger partial charge in [-0.2, -0.15) is 0 Å². The Balaban J connectivity index is 0.00000106. The second-order valence-electron chi connectivity index (χ2n) is 8.89. The third kappa shape index (κ3) is 7.03. The fraction of sp³-hybridized carbons (Fsp3) is 0.385. The van der Waals surface area contributed by atoms with E-state index in [1.54, 1.807) is 24.3 Å². The SMILES string of the molecule is CC(C)C.CC(OC(=O)N1c2ccccc2N(C)c2ccccc21)C(=O)NC(CC(=O)O)C(=O)CF. The molecule has 0 fully saturated rings. The standard InChI is InChI=1S/C22H22FN3O6.C4H10/c1-13(21(30)24-14(11-20(28)29)19(27)12-23)32-22(31)26-17-9-5-3-7-15(17)25(2)16-8-4-6-10-18(16)26;1-4(2)3/h3-10,13-14H,11-12H2,1-2H3,(H,24,30)(H,28,29);4H,1-3H3. The molecule has 1 heterocycles. The summed E-state index contributed by atoms with van der Waals surface area (Å²) in [6.45, 7) is 6.35. The number of halogens is 1. The minimum absolute atomic E-state index is 0.544. The third-order valence-electron chi connectivity index (χ3n) is 5.01. The Morgan fingerprint density at radius 3 is 1.78 bits per heavy atom. The highest BCUT2D eigenvalue weighted by atomic mass is 19.1. The summed E-state index contributed by atoms with van der Waals surface area (Å²) in [6, 6.07) is 12.7. The quantitative estimate of drug-likeness (QED) is 0.570. The van der Waals surface area contributed by atoms with Crippen LogP contribution in [0.1, 0.15) is 34.1 Å². The molecule has 1 aliphatic rings. The molecule has 0 saturated heterocycles. The Bertz CT molecular complexity index is 1060. The molecular formula is C26H32FN3O6. The molecule has 0 aliphatic carbocycles. The van der Waals surface area contributed by atoms with Gasteiger partial charge < -0.3 is 20.1 Å². The number of rotatable bonds is 7. The summed E-state index contributed by atoms with van der Waals surface area (Å²) in [4.78, 5) is 51.3. The lowest BCUT2D eigenvalue weighted by atomic mass is 10.1. The maximum Gasteiger partial charge on any atom is 0.419 e. The molecule has 2 aromatic carbocycles. The number of ketones is 1. The number of hydrogen-bond acceptors (Lipinski definition) is 6.